The SMILES string of the molecule is C=CCN(CC=C)CCOc1ccc(/C=C/C(=O)NC2CCC(C)CC2)cc1OC. The minimum Gasteiger partial charge on any atom is -0.493 e. The molecule has 1 aliphatic rings. The highest BCUT2D eigenvalue weighted by Crippen LogP contribution is 2.28. The maximum Gasteiger partial charge on any atom is 0.244 e. The average Bonchev–Trinajstić information content (AvgIpc) is 2.74. The maximum atomic E-state index is 12.2. The molecule has 1 aromatic carbocycles. The molecule has 1 fully saturated rings. The summed E-state index contributed by atoms with van der Waals surface area (Å²) in [6.07, 6.45) is 11.7. The summed E-state index contributed by atoms with van der Waals surface area (Å²) in [5.74, 6) is 2.07. The number of hydrogen-bond donors (Lipinski definition) is 1. The molecule has 1 aromatic rings. The van der Waals surface area contributed by atoms with Crippen LogP contribution in [0, 0.1) is 5.92 Å². The predicted molar refractivity (Wildman–Crippen MR) is 124 cm³/mol. The number of carbonyl (C=O) groups is 1. The lowest BCUT2D eigenvalue weighted by Gasteiger charge is -2.26. The molecule has 1 amide bonds. The van der Waals surface area contributed by atoms with Crippen LogP contribution in [0.2, 0.25) is 0 Å². The summed E-state index contributed by atoms with van der Waals surface area (Å²) in [7, 11) is 1.62. The van der Waals surface area contributed by atoms with Gasteiger partial charge in [0.15, 0.2) is 11.5 Å². The van der Waals surface area contributed by atoms with Crippen molar-refractivity contribution in [1.29, 1.82) is 0 Å². The summed E-state index contributed by atoms with van der Waals surface area (Å²) in [5, 5.41) is 3.11. The van der Waals surface area contributed by atoms with Crippen LogP contribution in [0.3, 0.4) is 0 Å². The van der Waals surface area contributed by atoms with Gasteiger partial charge in [0.25, 0.3) is 0 Å². The second kappa shape index (κ2) is 12.9. The van der Waals surface area contributed by atoms with Gasteiger partial charge in [0.1, 0.15) is 6.61 Å². The molecule has 0 saturated heterocycles. The van der Waals surface area contributed by atoms with Crippen molar-refractivity contribution >= 4 is 12.0 Å². The number of nitrogens with zero attached hydrogens (tertiary/aromatic N) is 1. The van der Waals surface area contributed by atoms with E-state index < -0.39 is 0 Å². The fourth-order valence-corrected chi connectivity index (χ4v) is 3.64. The Morgan fingerprint density at radius 2 is 1.87 bits per heavy atom. The number of nitrogens with one attached hydrogen (secondary N) is 1. The molecule has 1 N–H and O–H groups in total. The summed E-state index contributed by atoms with van der Waals surface area (Å²) in [5.41, 5.74) is 0.895. The molecule has 5 nitrogen and oxygen atoms in total. The van der Waals surface area contributed by atoms with E-state index in [-0.39, 0.29) is 5.91 Å². The number of hydrogen-bond acceptors (Lipinski definition) is 4. The minimum atomic E-state index is -0.0432. The molecule has 0 aliphatic heterocycles. The lowest BCUT2D eigenvalue weighted by atomic mass is 9.87. The van der Waals surface area contributed by atoms with Crippen molar-refractivity contribution in [2.24, 2.45) is 5.92 Å². The van der Waals surface area contributed by atoms with Crippen molar-refractivity contribution < 1.29 is 14.3 Å². The van der Waals surface area contributed by atoms with Crippen LogP contribution in [0.4, 0.5) is 0 Å². The first-order chi connectivity index (χ1) is 14.5. The van der Waals surface area contributed by atoms with Crippen LogP contribution in [0.5, 0.6) is 11.5 Å². The van der Waals surface area contributed by atoms with Gasteiger partial charge in [-0.3, -0.25) is 9.69 Å². The van der Waals surface area contributed by atoms with Crippen LogP contribution in [-0.2, 0) is 4.79 Å². The van der Waals surface area contributed by atoms with E-state index in [1.807, 2.05) is 36.4 Å². The van der Waals surface area contributed by atoms with E-state index >= 15 is 0 Å². The van der Waals surface area contributed by atoms with E-state index in [9.17, 15) is 4.79 Å². The Labute approximate surface area is 181 Å². The molecule has 0 heterocycles. The van der Waals surface area contributed by atoms with Crippen LogP contribution in [0.25, 0.3) is 6.08 Å². The molecule has 1 aliphatic carbocycles. The molecular formula is C25H36N2O3. The molecule has 1 saturated carbocycles. The molecule has 5 heteroatoms. The summed E-state index contributed by atoms with van der Waals surface area (Å²) in [6.45, 7) is 12.7. The maximum absolute atomic E-state index is 12.2. The third kappa shape index (κ3) is 8.07. The number of amides is 1. The molecule has 164 valence electrons. The normalized spacial score (nSPS) is 18.9. The summed E-state index contributed by atoms with van der Waals surface area (Å²) >= 11 is 0. The molecule has 0 aromatic heterocycles. The lowest BCUT2D eigenvalue weighted by molar-refractivity contribution is -0.117. The fraction of sp³-hybridized carbons (Fsp3) is 0.480. The van der Waals surface area contributed by atoms with E-state index in [1.54, 1.807) is 13.2 Å². The van der Waals surface area contributed by atoms with Gasteiger partial charge < -0.3 is 14.8 Å². The quantitative estimate of drug-likeness (QED) is 0.407. The second-order valence-corrected chi connectivity index (χ2v) is 7.89. The Bertz CT molecular complexity index is 711. The van der Waals surface area contributed by atoms with Gasteiger partial charge in [0.2, 0.25) is 5.91 Å². The number of benzene rings is 1. The monoisotopic (exact) mass is 412 g/mol. The molecule has 2 rings (SSSR count). The zero-order valence-corrected chi connectivity index (χ0v) is 18.4. The zero-order valence-electron chi connectivity index (χ0n) is 18.4. The van der Waals surface area contributed by atoms with Crippen LogP contribution in [0.1, 0.15) is 38.2 Å². The minimum absolute atomic E-state index is 0.0432. The third-order valence-corrected chi connectivity index (χ3v) is 5.42. The standard InChI is InChI=1S/C25H36N2O3/c1-5-15-27(16-6-2)17-18-30-23-13-9-21(19-24(23)29-4)10-14-25(28)26-22-11-7-20(3)8-12-22/h5-6,9-10,13-14,19-20,22H,1-2,7-8,11-12,15-18H2,3-4H3,(H,26,28)/b14-10+. The topological polar surface area (TPSA) is 50.8 Å². The molecule has 30 heavy (non-hydrogen) atoms. The van der Waals surface area contributed by atoms with Crippen LogP contribution in [0.15, 0.2) is 49.6 Å². The molecule has 0 atom stereocenters. The van der Waals surface area contributed by atoms with Crippen molar-refractivity contribution in [2.45, 2.75) is 38.6 Å². The highest BCUT2D eigenvalue weighted by atomic mass is 16.5. The Morgan fingerprint density at radius 3 is 2.50 bits per heavy atom. The fourth-order valence-electron chi connectivity index (χ4n) is 3.64. The molecule has 0 unspecified atom stereocenters. The van der Waals surface area contributed by atoms with Gasteiger partial charge in [-0.2, -0.15) is 0 Å². The van der Waals surface area contributed by atoms with E-state index in [4.69, 9.17) is 9.47 Å². The Kier molecular flexibility index (Phi) is 10.2. The third-order valence-electron chi connectivity index (χ3n) is 5.42. The smallest absolute Gasteiger partial charge is 0.244 e. The first kappa shape index (κ1) is 23.7. The van der Waals surface area contributed by atoms with E-state index in [1.165, 1.54) is 12.8 Å². The van der Waals surface area contributed by atoms with Gasteiger partial charge in [0, 0.05) is 31.8 Å². The van der Waals surface area contributed by atoms with Crippen molar-refractivity contribution in [3.63, 3.8) is 0 Å². The number of ether oxygens (including phenoxy) is 2. The van der Waals surface area contributed by atoms with Crippen LogP contribution >= 0.6 is 0 Å². The summed E-state index contributed by atoms with van der Waals surface area (Å²) in [4.78, 5) is 14.4. The van der Waals surface area contributed by atoms with Gasteiger partial charge in [-0.25, -0.2) is 0 Å². The van der Waals surface area contributed by atoms with Gasteiger partial charge in [0.05, 0.1) is 7.11 Å². The molecule has 0 radical (unpaired) electrons. The highest BCUT2D eigenvalue weighted by molar-refractivity contribution is 5.92. The van der Waals surface area contributed by atoms with Gasteiger partial charge >= 0.3 is 0 Å². The van der Waals surface area contributed by atoms with E-state index in [0.717, 1.165) is 44.0 Å². The summed E-state index contributed by atoms with van der Waals surface area (Å²) in [6, 6.07) is 5.98. The Morgan fingerprint density at radius 1 is 1.17 bits per heavy atom. The molecule has 0 spiro atoms. The van der Waals surface area contributed by atoms with Crippen LogP contribution < -0.4 is 14.8 Å². The van der Waals surface area contributed by atoms with Gasteiger partial charge in [-0.1, -0.05) is 25.1 Å². The first-order valence-corrected chi connectivity index (χ1v) is 10.8. The number of rotatable bonds is 12. The van der Waals surface area contributed by atoms with Gasteiger partial charge in [-0.15, -0.1) is 13.2 Å². The molecular weight excluding hydrogens is 376 g/mol. The largest absolute Gasteiger partial charge is 0.493 e. The van der Waals surface area contributed by atoms with Crippen molar-refractivity contribution in [3.8, 4) is 11.5 Å². The number of carbonyl (C=O) groups excluding carboxylic acids is 1. The van der Waals surface area contributed by atoms with Gasteiger partial charge in [-0.05, 0) is 55.4 Å². The second-order valence-electron chi connectivity index (χ2n) is 7.89. The summed E-state index contributed by atoms with van der Waals surface area (Å²) < 4.78 is 11.4. The Hall–Kier alpha value is -2.53. The Balaban J connectivity index is 1.88. The zero-order chi connectivity index (χ0) is 21.8. The lowest BCUT2D eigenvalue weighted by Crippen LogP contribution is -2.36. The predicted octanol–water partition coefficient (Wildman–Crippen LogP) is 4.46. The van der Waals surface area contributed by atoms with Crippen molar-refractivity contribution in [2.75, 3.05) is 33.4 Å². The van der Waals surface area contributed by atoms with Crippen molar-refractivity contribution in [1.82, 2.24) is 10.2 Å². The highest BCUT2D eigenvalue weighted by Gasteiger charge is 2.18. The van der Waals surface area contributed by atoms with E-state index in [0.29, 0.717) is 24.1 Å². The van der Waals surface area contributed by atoms with E-state index in [2.05, 4.69) is 30.3 Å². The van der Waals surface area contributed by atoms with Crippen LogP contribution in [-0.4, -0.2) is 50.2 Å². The number of methoxy groups -OCH3 is 1. The molecule has 0 bridgehead atoms. The van der Waals surface area contributed by atoms with Crippen molar-refractivity contribution in [3.05, 3.63) is 55.1 Å². The first-order valence-electron chi connectivity index (χ1n) is 10.8. The average molecular weight is 413 g/mol.